The van der Waals surface area contributed by atoms with E-state index < -0.39 is 9.84 Å². The van der Waals surface area contributed by atoms with Crippen LogP contribution in [-0.2, 0) is 26.8 Å². The van der Waals surface area contributed by atoms with Gasteiger partial charge in [0.05, 0.1) is 11.0 Å². The Hall–Kier alpha value is -2.14. The molecular formula is C23H29NO3S. The Morgan fingerprint density at radius 3 is 2.25 bits per heavy atom. The second-order valence-electron chi connectivity index (χ2n) is 7.71. The van der Waals surface area contributed by atoms with Crippen molar-refractivity contribution < 1.29 is 13.2 Å². The molecule has 4 nitrogen and oxygen atoms in total. The summed E-state index contributed by atoms with van der Waals surface area (Å²) in [5.41, 5.74) is 3.33. The highest BCUT2D eigenvalue weighted by Crippen LogP contribution is 2.22. The third-order valence-electron chi connectivity index (χ3n) is 5.49. The van der Waals surface area contributed by atoms with Gasteiger partial charge in [-0.3, -0.25) is 4.79 Å². The van der Waals surface area contributed by atoms with Crippen LogP contribution < -0.4 is 0 Å². The number of benzene rings is 2. The van der Waals surface area contributed by atoms with Crippen LogP contribution in [0.3, 0.4) is 0 Å². The number of carbonyl (C=O) groups is 1. The molecule has 0 unspecified atom stereocenters. The molecule has 1 aliphatic heterocycles. The van der Waals surface area contributed by atoms with Crippen LogP contribution in [0.1, 0.15) is 42.4 Å². The van der Waals surface area contributed by atoms with Crippen LogP contribution in [0.4, 0.5) is 0 Å². The molecule has 0 spiro atoms. The van der Waals surface area contributed by atoms with Gasteiger partial charge < -0.3 is 4.90 Å². The average molecular weight is 400 g/mol. The van der Waals surface area contributed by atoms with Gasteiger partial charge in [0.15, 0.2) is 9.84 Å². The van der Waals surface area contributed by atoms with Gasteiger partial charge in [-0.15, -0.1) is 0 Å². The molecule has 1 aliphatic rings. The van der Waals surface area contributed by atoms with Crippen LogP contribution in [0.25, 0.3) is 0 Å². The zero-order chi connectivity index (χ0) is 20.0. The molecule has 0 radical (unpaired) electrons. The Bertz CT molecular complexity index is 868. The van der Waals surface area contributed by atoms with E-state index in [9.17, 15) is 13.2 Å². The van der Waals surface area contributed by atoms with E-state index in [0.717, 1.165) is 18.4 Å². The normalized spacial score (nSPS) is 15.5. The van der Waals surface area contributed by atoms with Crippen molar-refractivity contribution in [2.24, 2.45) is 0 Å². The number of sulfone groups is 1. The van der Waals surface area contributed by atoms with Crippen LogP contribution in [0.15, 0.2) is 54.6 Å². The minimum absolute atomic E-state index is 0.0863. The third kappa shape index (κ3) is 5.68. The van der Waals surface area contributed by atoms with Crippen LogP contribution in [0, 0.1) is 6.92 Å². The first-order valence-corrected chi connectivity index (χ1v) is 11.7. The highest BCUT2D eigenvalue weighted by Gasteiger charge is 2.31. The van der Waals surface area contributed by atoms with Gasteiger partial charge in [0.2, 0.25) is 5.91 Å². The van der Waals surface area contributed by atoms with E-state index >= 15 is 0 Å². The molecular weight excluding hydrogens is 370 g/mol. The first-order chi connectivity index (χ1) is 13.4. The van der Waals surface area contributed by atoms with Crippen molar-refractivity contribution in [2.45, 2.75) is 50.0 Å². The van der Waals surface area contributed by atoms with E-state index in [1.165, 1.54) is 11.1 Å². The maximum absolute atomic E-state index is 12.7. The number of amides is 1. The second kappa shape index (κ2) is 9.37. The highest BCUT2D eigenvalue weighted by atomic mass is 32.2. The molecule has 0 atom stereocenters. The SMILES string of the molecule is Cc1ccc(CCCC(=O)N2CCC(S(=O)(=O)Cc3ccccc3)CC2)cc1. The molecule has 0 aliphatic carbocycles. The quantitative estimate of drug-likeness (QED) is 0.709. The van der Waals surface area contributed by atoms with Crippen LogP contribution >= 0.6 is 0 Å². The standard InChI is InChI=1S/C23H29NO3S/c1-19-10-12-20(13-11-19)8-5-9-23(25)24-16-14-22(15-17-24)28(26,27)18-21-6-3-2-4-7-21/h2-4,6-7,10-13,22H,5,8-9,14-18H2,1H3. The molecule has 0 bridgehead atoms. The Morgan fingerprint density at radius 2 is 1.61 bits per heavy atom. The van der Waals surface area contributed by atoms with Gasteiger partial charge in [0, 0.05) is 19.5 Å². The van der Waals surface area contributed by atoms with Crippen molar-refractivity contribution >= 4 is 15.7 Å². The summed E-state index contributed by atoms with van der Waals surface area (Å²) in [5.74, 6) is 0.231. The second-order valence-corrected chi connectivity index (χ2v) is 9.99. The van der Waals surface area contributed by atoms with Crippen molar-refractivity contribution in [2.75, 3.05) is 13.1 Å². The minimum Gasteiger partial charge on any atom is -0.343 e. The number of hydrogen-bond donors (Lipinski definition) is 0. The fraction of sp³-hybridized carbons (Fsp3) is 0.435. The minimum atomic E-state index is -3.18. The smallest absolute Gasteiger partial charge is 0.222 e. The molecule has 0 N–H and O–H groups in total. The molecule has 28 heavy (non-hydrogen) atoms. The largest absolute Gasteiger partial charge is 0.343 e. The number of likely N-dealkylation sites (tertiary alicyclic amines) is 1. The first kappa shape index (κ1) is 20.6. The summed E-state index contributed by atoms with van der Waals surface area (Å²) < 4.78 is 25.4. The molecule has 1 amide bonds. The summed E-state index contributed by atoms with van der Waals surface area (Å²) in [6, 6.07) is 17.7. The lowest BCUT2D eigenvalue weighted by Gasteiger charge is -2.32. The van der Waals surface area contributed by atoms with Gasteiger partial charge in [-0.05, 0) is 43.7 Å². The van der Waals surface area contributed by atoms with Gasteiger partial charge in [-0.2, -0.15) is 0 Å². The highest BCUT2D eigenvalue weighted by molar-refractivity contribution is 7.91. The molecule has 5 heteroatoms. The number of rotatable bonds is 7. The third-order valence-corrected chi connectivity index (χ3v) is 7.71. The lowest BCUT2D eigenvalue weighted by atomic mass is 10.1. The fourth-order valence-corrected chi connectivity index (χ4v) is 5.57. The summed E-state index contributed by atoms with van der Waals surface area (Å²) in [6.45, 7) is 3.15. The number of carbonyl (C=O) groups excluding carboxylic acids is 1. The van der Waals surface area contributed by atoms with E-state index in [1.807, 2.05) is 35.2 Å². The Balaban J connectivity index is 1.44. The van der Waals surface area contributed by atoms with Crippen molar-refractivity contribution in [3.63, 3.8) is 0 Å². The fourth-order valence-electron chi connectivity index (χ4n) is 3.75. The van der Waals surface area contributed by atoms with Crippen molar-refractivity contribution in [1.82, 2.24) is 4.90 Å². The predicted octanol–water partition coefficient (Wildman–Crippen LogP) is 3.92. The lowest BCUT2D eigenvalue weighted by molar-refractivity contribution is -0.132. The van der Waals surface area contributed by atoms with Crippen LogP contribution in [0.2, 0.25) is 0 Å². The van der Waals surface area contributed by atoms with E-state index in [-0.39, 0.29) is 16.9 Å². The number of piperidine rings is 1. The molecule has 0 saturated carbocycles. The van der Waals surface area contributed by atoms with E-state index in [2.05, 4.69) is 31.2 Å². The monoisotopic (exact) mass is 399 g/mol. The molecule has 150 valence electrons. The Kier molecular flexibility index (Phi) is 6.89. The van der Waals surface area contributed by atoms with Gasteiger partial charge in [-0.1, -0.05) is 60.2 Å². The van der Waals surface area contributed by atoms with Crippen molar-refractivity contribution in [1.29, 1.82) is 0 Å². The maximum Gasteiger partial charge on any atom is 0.222 e. The van der Waals surface area contributed by atoms with E-state index in [1.54, 1.807) is 0 Å². The number of aryl methyl sites for hydroxylation is 2. The topological polar surface area (TPSA) is 54.5 Å². The van der Waals surface area contributed by atoms with Gasteiger partial charge in [0.1, 0.15) is 0 Å². The average Bonchev–Trinajstić information content (AvgIpc) is 2.70. The van der Waals surface area contributed by atoms with Gasteiger partial charge in [0.25, 0.3) is 0 Å². The molecule has 3 rings (SSSR count). The van der Waals surface area contributed by atoms with Crippen molar-refractivity contribution in [3.8, 4) is 0 Å². The molecule has 1 heterocycles. The van der Waals surface area contributed by atoms with E-state index in [4.69, 9.17) is 0 Å². The van der Waals surface area contributed by atoms with Crippen molar-refractivity contribution in [3.05, 3.63) is 71.3 Å². The Morgan fingerprint density at radius 1 is 0.964 bits per heavy atom. The summed E-state index contributed by atoms with van der Waals surface area (Å²) in [7, 11) is -3.18. The van der Waals surface area contributed by atoms with E-state index in [0.29, 0.717) is 32.4 Å². The first-order valence-electron chi connectivity index (χ1n) is 10.0. The number of nitrogens with zero attached hydrogens (tertiary/aromatic N) is 1. The van der Waals surface area contributed by atoms with Crippen LogP contribution in [0.5, 0.6) is 0 Å². The summed E-state index contributed by atoms with van der Waals surface area (Å²) in [5, 5.41) is -0.343. The molecule has 1 saturated heterocycles. The maximum atomic E-state index is 12.7. The Labute approximate surface area is 168 Å². The zero-order valence-electron chi connectivity index (χ0n) is 16.5. The predicted molar refractivity (Wildman–Crippen MR) is 113 cm³/mol. The summed E-state index contributed by atoms with van der Waals surface area (Å²) in [4.78, 5) is 14.3. The molecule has 2 aromatic rings. The zero-order valence-corrected chi connectivity index (χ0v) is 17.3. The number of hydrogen-bond acceptors (Lipinski definition) is 3. The molecule has 2 aromatic carbocycles. The van der Waals surface area contributed by atoms with Crippen LogP contribution in [-0.4, -0.2) is 37.6 Å². The lowest BCUT2D eigenvalue weighted by Crippen LogP contribution is -2.42. The summed E-state index contributed by atoms with van der Waals surface area (Å²) in [6.07, 6.45) is 3.33. The van der Waals surface area contributed by atoms with Gasteiger partial charge in [-0.25, -0.2) is 8.42 Å². The molecule has 1 fully saturated rings. The van der Waals surface area contributed by atoms with Gasteiger partial charge >= 0.3 is 0 Å². The summed E-state index contributed by atoms with van der Waals surface area (Å²) >= 11 is 0. The molecule has 0 aromatic heterocycles.